The van der Waals surface area contributed by atoms with Crippen molar-refractivity contribution in [3.05, 3.63) is 64.3 Å². The van der Waals surface area contributed by atoms with E-state index >= 15 is 0 Å². The standard InChI is InChI=1S/C22H23N3O2S/c1-3-27-18-11-5-4-10-17(18)24-21(26)20-16-9-6-12-19(16)28-22(20)23-14-15-8-7-13-25(15)2/h4-5,7-8,10-11,13-14H,3,6,9,12H2,1-2H3,(H,24,26)/b23-14+. The first kappa shape index (κ1) is 18.5. The number of ether oxygens (including phenoxy) is 1. The van der Waals surface area contributed by atoms with Crippen molar-refractivity contribution in [2.45, 2.75) is 26.2 Å². The van der Waals surface area contributed by atoms with E-state index in [2.05, 4.69) is 10.3 Å². The predicted molar refractivity (Wildman–Crippen MR) is 115 cm³/mol. The molecule has 1 aromatic carbocycles. The molecule has 0 aliphatic heterocycles. The molecule has 2 aromatic heterocycles. The molecule has 1 amide bonds. The maximum atomic E-state index is 13.2. The van der Waals surface area contributed by atoms with Crippen molar-refractivity contribution in [2.24, 2.45) is 12.0 Å². The first-order valence-electron chi connectivity index (χ1n) is 9.50. The summed E-state index contributed by atoms with van der Waals surface area (Å²) in [6, 6.07) is 11.5. The van der Waals surface area contributed by atoms with Gasteiger partial charge in [0.2, 0.25) is 0 Å². The molecule has 0 unspecified atom stereocenters. The van der Waals surface area contributed by atoms with Crippen molar-refractivity contribution in [3.8, 4) is 5.75 Å². The Bertz CT molecular complexity index is 1030. The van der Waals surface area contributed by atoms with Gasteiger partial charge in [0.15, 0.2) is 0 Å². The SMILES string of the molecule is CCOc1ccccc1NC(=O)c1c(/N=C/c2cccn2C)sc2c1CCC2. The monoisotopic (exact) mass is 393 g/mol. The number of carbonyl (C=O) groups excluding carboxylic acids is 1. The number of nitrogens with zero attached hydrogens (tertiary/aromatic N) is 2. The quantitative estimate of drug-likeness (QED) is 0.601. The van der Waals surface area contributed by atoms with Crippen molar-refractivity contribution in [2.75, 3.05) is 11.9 Å². The number of carbonyl (C=O) groups is 1. The normalized spacial score (nSPS) is 13.1. The Balaban J connectivity index is 1.66. The van der Waals surface area contributed by atoms with Gasteiger partial charge in [-0.25, -0.2) is 4.99 Å². The van der Waals surface area contributed by atoms with Gasteiger partial charge in [0.05, 0.1) is 29.8 Å². The fraction of sp³-hybridized carbons (Fsp3) is 0.273. The highest BCUT2D eigenvalue weighted by Gasteiger charge is 2.27. The van der Waals surface area contributed by atoms with Crippen LogP contribution in [0.25, 0.3) is 0 Å². The van der Waals surface area contributed by atoms with E-state index in [0.29, 0.717) is 23.6 Å². The molecule has 4 rings (SSSR count). The zero-order valence-electron chi connectivity index (χ0n) is 16.1. The Kier molecular flexibility index (Phi) is 5.30. The van der Waals surface area contributed by atoms with E-state index in [1.54, 1.807) is 11.3 Å². The Morgan fingerprint density at radius 2 is 2.14 bits per heavy atom. The van der Waals surface area contributed by atoms with Crippen LogP contribution in [0.4, 0.5) is 10.7 Å². The van der Waals surface area contributed by atoms with Gasteiger partial charge < -0.3 is 14.6 Å². The van der Waals surface area contributed by atoms with Gasteiger partial charge in [-0.05, 0) is 56.0 Å². The minimum Gasteiger partial charge on any atom is -0.492 e. The van der Waals surface area contributed by atoms with Crippen LogP contribution in [0.15, 0.2) is 47.6 Å². The van der Waals surface area contributed by atoms with E-state index < -0.39 is 0 Å². The van der Waals surface area contributed by atoms with Gasteiger partial charge in [0.1, 0.15) is 10.8 Å². The van der Waals surface area contributed by atoms with Crippen molar-refractivity contribution in [1.29, 1.82) is 0 Å². The molecule has 0 spiro atoms. The number of hydrogen-bond donors (Lipinski definition) is 1. The van der Waals surface area contributed by atoms with E-state index in [-0.39, 0.29) is 5.91 Å². The van der Waals surface area contributed by atoms with Crippen LogP contribution >= 0.6 is 11.3 Å². The maximum absolute atomic E-state index is 13.2. The summed E-state index contributed by atoms with van der Waals surface area (Å²) in [4.78, 5) is 19.2. The molecule has 0 saturated heterocycles. The first-order chi connectivity index (χ1) is 13.7. The Morgan fingerprint density at radius 1 is 1.29 bits per heavy atom. The largest absolute Gasteiger partial charge is 0.492 e. The van der Waals surface area contributed by atoms with Gasteiger partial charge >= 0.3 is 0 Å². The maximum Gasteiger partial charge on any atom is 0.259 e. The zero-order valence-corrected chi connectivity index (χ0v) is 16.9. The molecule has 0 bridgehead atoms. The molecule has 1 aliphatic rings. The molecule has 2 heterocycles. The third kappa shape index (κ3) is 3.60. The van der Waals surface area contributed by atoms with Crippen LogP contribution in [0.3, 0.4) is 0 Å². The molecule has 0 atom stereocenters. The first-order valence-corrected chi connectivity index (χ1v) is 10.3. The lowest BCUT2D eigenvalue weighted by Gasteiger charge is -2.12. The number of thiophene rings is 1. The van der Waals surface area contributed by atoms with E-state index in [4.69, 9.17) is 4.74 Å². The van der Waals surface area contributed by atoms with Crippen LogP contribution in [0, 0.1) is 0 Å². The van der Waals surface area contributed by atoms with Crippen LogP contribution < -0.4 is 10.1 Å². The van der Waals surface area contributed by atoms with Crippen molar-refractivity contribution < 1.29 is 9.53 Å². The van der Waals surface area contributed by atoms with Crippen molar-refractivity contribution in [3.63, 3.8) is 0 Å². The fourth-order valence-corrected chi connectivity index (χ4v) is 4.71. The number of aryl methyl sites for hydroxylation is 2. The summed E-state index contributed by atoms with van der Waals surface area (Å²) < 4.78 is 7.65. The molecule has 28 heavy (non-hydrogen) atoms. The number of nitrogens with one attached hydrogen (secondary N) is 1. The van der Waals surface area contributed by atoms with Gasteiger partial charge in [-0.15, -0.1) is 11.3 Å². The average molecular weight is 394 g/mol. The molecule has 5 nitrogen and oxygen atoms in total. The Morgan fingerprint density at radius 3 is 2.93 bits per heavy atom. The number of fused-ring (bicyclic) bond motifs is 1. The molecule has 0 radical (unpaired) electrons. The van der Waals surface area contributed by atoms with E-state index in [9.17, 15) is 4.79 Å². The number of hydrogen-bond acceptors (Lipinski definition) is 4. The molecular formula is C22H23N3O2S. The van der Waals surface area contributed by atoms with Crippen LogP contribution in [-0.2, 0) is 19.9 Å². The number of para-hydroxylation sites is 2. The minimum atomic E-state index is -0.120. The van der Waals surface area contributed by atoms with E-state index in [1.165, 1.54) is 4.88 Å². The molecular weight excluding hydrogens is 370 g/mol. The smallest absolute Gasteiger partial charge is 0.259 e. The van der Waals surface area contributed by atoms with Crippen LogP contribution in [-0.4, -0.2) is 23.3 Å². The molecule has 0 saturated carbocycles. The average Bonchev–Trinajstić information content (AvgIpc) is 3.37. The topological polar surface area (TPSA) is 55.6 Å². The summed E-state index contributed by atoms with van der Waals surface area (Å²) in [5.74, 6) is 0.560. The Hall–Kier alpha value is -2.86. The second kappa shape index (κ2) is 8.02. The van der Waals surface area contributed by atoms with Gasteiger partial charge in [0.25, 0.3) is 5.91 Å². The number of anilines is 1. The fourth-order valence-electron chi connectivity index (χ4n) is 3.48. The summed E-state index contributed by atoms with van der Waals surface area (Å²) in [6.07, 6.45) is 6.86. The lowest BCUT2D eigenvalue weighted by Crippen LogP contribution is -2.14. The van der Waals surface area contributed by atoms with Crippen molar-refractivity contribution in [1.82, 2.24) is 4.57 Å². The molecule has 0 fully saturated rings. The van der Waals surface area contributed by atoms with Gasteiger partial charge in [-0.2, -0.15) is 0 Å². The number of benzene rings is 1. The number of aliphatic imine (C=N–C) groups is 1. The summed E-state index contributed by atoms with van der Waals surface area (Å²) >= 11 is 1.63. The molecule has 1 aliphatic carbocycles. The van der Waals surface area contributed by atoms with E-state index in [0.717, 1.165) is 35.5 Å². The second-order valence-electron chi connectivity index (χ2n) is 6.72. The van der Waals surface area contributed by atoms with E-state index in [1.807, 2.05) is 67.3 Å². The van der Waals surface area contributed by atoms with Crippen LogP contribution in [0.5, 0.6) is 5.75 Å². The predicted octanol–water partition coefficient (Wildman–Crippen LogP) is 4.98. The zero-order chi connectivity index (χ0) is 19.5. The highest BCUT2D eigenvalue weighted by atomic mass is 32.1. The van der Waals surface area contributed by atoms with Gasteiger partial charge in [0, 0.05) is 18.1 Å². The van der Waals surface area contributed by atoms with Crippen LogP contribution in [0.2, 0.25) is 0 Å². The Labute approximate surface area is 168 Å². The van der Waals surface area contributed by atoms with Crippen LogP contribution in [0.1, 0.15) is 39.8 Å². The third-order valence-corrected chi connectivity index (χ3v) is 6.06. The summed E-state index contributed by atoms with van der Waals surface area (Å²) in [6.45, 7) is 2.48. The lowest BCUT2D eigenvalue weighted by molar-refractivity contribution is 0.102. The number of amides is 1. The number of aromatic nitrogens is 1. The highest BCUT2D eigenvalue weighted by Crippen LogP contribution is 2.41. The molecule has 1 N–H and O–H groups in total. The minimum absolute atomic E-state index is 0.120. The summed E-state index contributed by atoms with van der Waals surface area (Å²) in [7, 11) is 1.98. The summed E-state index contributed by atoms with van der Waals surface area (Å²) in [5.41, 5.74) is 3.54. The number of rotatable bonds is 6. The second-order valence-corrected chi connectivity index (χ2v) is 7.81. The van der Waals surface area contributed by atoms with Gasteiger partial charge in [-0.1, -0.05) is 12.1 Å². The third-order valence-electron chi connectivity index (χ3n) is 4.86. The molecule has 3 aromatic rings. The highest BCUT2D eigenvalue weighted by molar-refractivity contribution is 7.16. The van der Waals surface area contributed by atoms with Crippen molar-refractivity contribution >= 4 is 34.1 Å². The molecule has 144 valence electrons. The molecule has 6 heteroatoms. The summed E-state index contributed by atoms with van der Waals surface area (Å²) in [5, 5.41) is 3.81. The lowest BCUT2D eigenvalue weighted by atomic mass is 10.1. The van der Waals surface area contributed by atoms with Gasteiger partial charge in [-0.3, -0.25) is 4.79 Å².